The highest BCUT2D eigenvalue weighted by Gasteiger charge is 2.05. The maximum Gasteiger partial charge on any atom is 0.120 e. The van der Waals surface area contributed by atoms with Crippen LogP contribution >= 0.6 is 0 Å². The molecule has 21 heavy (non-hydrogen) atoms. The summed E-state index contributed by atoms with van der Waals surface area (Å²) in [6, 6.07) is 16.6. The Balaban J connectivity index is 1.99. The highest BCUT2D eigenvalue weighted by Crippen LogP contribution is 2.20. The molecule has 0 aromatic heterocycles. The molecular weight excluding hydrogens is 256 g/mol. The van der Waals surface area contributed by atoms with Gasteiger partial charge in [0.25, 0.3) is 0 Å². The molecule has 1 heteroatoms. The molecule has 0 fully saturated rings. The molecule has 2 aromatic rings. The van der Waals surface area contributed by atoms with Gasteiger partial charge in [-0.2, -0.15) is 0 Å². The molecule has 2 aromatic carbocycles. The van der Waals surface area contributed by atoms with Crippen molar-refractivity contribution in [3.05, 3.63) is 65.2 Å². The Morgan fingerprint density at radius 1 is 1.10 bits per heavy atom. The summed E-state index contributed by atoms with van der Waals surface area (Å²) in [5.41, 5.74) is 3.80. The molecule has 0 N–H and O–H groups in total. The zero-order chi connectivity index (χ0) is 15.1. The molecule has 0 amide bonds. The minimum absolute atomic E-state index is 0.393. The van der Waals surface area contributed by atoms with Crippen LogP contribution in [0.4, 0.5) is 0 Å². The van der Waals surface area contributed by atoms with Gasteiger partial charge in [0.1, 0.15) is 12.4 Å². The highest BCUT2D eigenvalue weighted by atomic mass is 16.5. The Labute approximate surface area is 128 Å². The largest absolute Gasteiger partial charge is 0.489 e. The molecule has 0 bridgehead atoms. The zero-order valence-electron chi connectivity index (χ0n) is 13.0. The number of hydrogen-bond acceptors (Lipinski definition) is 1. The summed E-state index contributed by atoms with van der Waals surface area (Å²) < 4.78 is 5.85. The Morgan fingerprint density at radius 3 is 2.52 bits per heavy atom. The van der Waals surface area contributed by atoms with Crippen molar-refractivity contribution in [3.8, 4) is 17.6 Å². The van der Waals surface area contributed by atoms with Crippen LogP contribution in [0.2, 0.25) is 0 Å². The Hall–Kier alpha value is -2.20. The first-order valence-electron chi connectivity index (χ1n) is 7.37. The lowest BCUT2D eigenvalue weighted by Gasteiger charge is -2.11. The number of hydrogen-bond donors (Lipinski definition) is 0. The molecule has 0 aliphatic carbocycles. The summed E-state index contributed by atoms with van der Waals surface area (Å²) in [6.07, 6.45) is 0.992. The molecule has 0 heterocycles. The zero-order valence-corrected chi connectivity index (χ0v) is 13.0. The van der Waals surface area contributed by atoms with Gasteiger partial charge in [-0.1, -0.05) is 43.3 Å². The van der Waals surface area contributed by atoms with Gasteiger partial charge in [0, 0.05) is 5.92 Å². The number of ether oxygens (including phenoxy) is 1. The van der Waals surface area contributed by atoms with E-state index in [2.05, 4.69) is 56.0 Å². The van der Waals surface area contributed by atoms with Crippen LogP contribution in [0, 0.1) is 24.7 Å². The molecular formula is C20H22O. The molecule has 0 spiro atoms. The third kappa shape index (κ3) is 4.68. The van der Waals surface area contributed by atoms with Crippen molar-refractivity contribution < 1.29 is 4.74 Å². The molecule has 0 saturated heterocycles. The van der Waals surface area contributed by atoms with Crippen LogP contribution in [-0.4, -0.2) is 0 Å². The minimum Gasteiger partial charge on any atom is -0.489 e. The van der Waals surface area contributed by atoms with Crippen molar-refractivity contribution in [2.75, 3.05) is 0 Å². The third-order valence-corrected chi connectivity index (χ3v) is 3.48. The van der Waals surface area contributed by atoms with Gasteiger partial charge < -0.3 is 4.74 Å². The molecule has 0 radical (unpaired) electrons. The van der Waals surface area contributed by atoms with E-state index in [0.29, 0.717) is 12.5 Å². The Bertz CT molecular complexity index is 632. The van der Waals surface area contributed by atoms with Crippen LogP contribution in [0.25, 0.3) is 0 Å². The second-order valence-corrected chi connectivity index (χ2v) is 5.36. The fourth-order valence-electron chi connectivity index (χ4n) is 2.36. The monoisotopic (exact) mass is 278 g/mol. The van der Waals surface area contributed by atoms with Gasteiger partial charge in [0.05, 0.1) is 0 Å². The van der Waals surface area contributed by atoms with Crippen LogP contribution in [0.1, 0.15) is 30.5 Å². The first-order chi connectivity index (χ1) is 10.2. The van der Waals surface area contributed by atoms with Gasteiger partial charge in [0.15, 0.2) is 0 Å². The molecule has 2 rings (SSSR count). The van der Waals surface area contributed by atoms with Gasteiger partial charge in [0.2, 0.25) is 0 Å². The van der Waals surface area contributed by atoms with E-state index in [1.807, 2.05) is 25.1 Å². The normalized spacial score (nSPS) is 11.4. The first kappa shape index (κ1) is 15.2. The van der Waals surface area contributed by atoms with E-state index in [-0.39, 0.29) is 0 Å². The quantitative estimate of drug-likeness (QED) is 0.715. The molecule has 1 nitrogen and oxygen atoms in total. The van der Waals surface area contributed by atoms with E-state index in [1.165, 1.54) is 16.7 Å². The van der Waals surface area contributed by atoms with E-state index >= 15 is 0 Å². The summed E-state index contributed by atoms with van der Waals surface area (Å²) >= 11 is 0. The fraction of sp³-hybridized carbons (Fsp3) is 0.300. The lowest BCUT2D eigenvalue weighted by atomic mass is 9.97. The second-order valence-electron chi connectivity index (χ2n) is 5.36. The van der Waals surface area contributed by atoms with Gasteiger partial charge >= 0.3 is 0 Å². The molecule has 108 valence electrons. The molecule has 1 unspecified atom stereocenters. The van der Waals surface area contributed by atoms with Crippen molar-refractivity contribution in [2.24, 2.45) is 5.92 Å². The average molecular weight is 278 g/mol. The number of rotatable bonds is 5. The predicted octanol–water partition coefficient (Wildman–Crippen LogP) is 4.78. The third-order valence-electron chi connectivity index (χ3n) is 3.48. The lowest BCUT2D eigenvalue weighted by Crippen LogP contribution is -2.00. The van der Waals surface area contributed by atoms with Crippen LogP contribution in [-0.2, 0) is 13.0 Å². The standard InChI is InChI=1S/C20H22O/c1-4-8-16(2)13-19-11-12-20(14-17(19)3)21-15-18-9-6-5-7-10-18/h5-7,9-12,14,16H,13,15H2,1-3H3. The van der Waals surface area contributed by atoms with E-state index in [4.69, 9.17) is 4.74 Å². The summed E-state index contributed by atoms with van der Waals surface area (Å²) in [5.74, 6) is 7.50. The van der Waals surface area contributed by atoms with Crippen LogP contribution in [0.15, 0.2) is 48.5 Å². The van der Waals surface area contributed by atoms with Crippen LogP contribution in [0.3, 0.4) is 0 Å². The maximum absolute atomic E-state index is 5.85. The van der Waals surface area contributed by atoms with Crippen LogP contribution in [0.5, 0.6) is 5.75 Å². The highest BCUT2D eigenvalue weighted by molar-refractivity contribution is 5.35. The molecule has 0 saturated carbocycles. The first-order valence-corrected chi connectivity index (χ1v) is 7.37. The average Bonchev–Trinajstić information content (AvgIpc) is 2.49. The van der Waals surface area contributed by atoms with Crippen molar-refractivity contribution in [1.82, 2.24) is 0 Å². The smallest absolute Gasteiger partial charge is 0.120 e. The van der Waals surface area contributed by atoms with Crippen molar-refractivity contribution >= 4 is 0 Å². The van der Waals surface area contributed by atoms with Gasteiger partial charge in [-0.3, -0.25) is 0 Å². The predicted molar refractivity (Wildman–Crippen MR) is 88.3 cm³/mol. The van der Waals surface area contributed by atoms with E-state index in [0.717, 1.165) is 12.2 Å². The summed E-state index contributed by atoms with van der Waals surface area (Å²) in [4.78, 5) is 0. The van der Waals surface area contributed by atoms with Crippen molar-refractivity contribution in [1.29, 1.82) is 0 Å². The Kier molecular flexibility index (Phi) is 5.46. The second kappa shape index (κ2) is 7.55. The summed E-state index contributed by atoms with van der Waals surface area (Å²) in [6.45, 7) is 6.80. The van der Waals surface area contributed by atoms with Gasteiger partial charge in [-0.25, -0.2) is 0 Å². The minimum atomic E-state index is 0.393. The van der Waals surface area contributed by atoms with E-state index < -0.39 is 0 Å². The van der Waals surface area contributed by atoms with E-state index in [1.54, 1.807) is 0 Å². The molecule has 0 aliphatic rings. The topological polar surface area (TPSA) is 9.23 Å². The Morgan fingerprint density at radius 2 is 1.86 bits per heavy atom. The number of benzene rings is 2. The molecule has 1 atom stereocenters. The number of aryl methyl sites for hydroxylation is 1. The van der Waals surface area contributed by atoms with Crippen molar-refractivity contribution in [3.63, 3.8) is 0 Å². The van der Waals surface area contributed by atoms with E-state index in [9.17, 15) is 0 Å². The fourth-order valence-corrected chi connectivity index (χ4v) is 2.36. The molecule has 0 aliphatic heterocycles. The summed E-state index contributed by atoms with van der Waals surface area (Å²) in [5, 5.41) is 0. The summed E-state index contributed by atoms with van der Waals surface area (Å²) in [7, 11) is 0. The van der Waals surface area contributed by atoms with Crippen molar-refractivity contribution in [2.45, 2.75) is 33.8 Å². The van der Waals surface area contributed by atoms with Gasteiger partial charge in [-0.05, 0) is 49.1 Å². The lowest BCUT2D eigenvalue weighted by molar-refractivity contribution is 0.306. The van der Waals surface area contributed by atoms with Gasteiger partial charge in [-0.15, -0.1) is 11.8 Å². The SMILES string of the molecule is CC#CC(C)Cc1ccc(OCc2ccccc2)cc1C. The van der Waals surface area contributed by atoms with Crippen LogP contribution < -0.4 is 4.74 Å². The maximum atomic E-state index is 5.85.